The molecule has 5 nitrogen and oxygen atoms in total. The van der Waals surface area contributed by atoms with Crippen LogP contribution in [0.15, 0.2) is 30.3 Å². The number of rotatable bonds is 5. The van der Waals surface area contributed by atoms with E-state index in [-0.39, 0.29) is 30.1 Å². The van der Waals surface area contributed by atoms with E-state index in [1.54, 1.807) is 12.0 Å². The Bertz CT molecular complexity index is 571. The fraction of sp³-hybridized carbons (Fsp3) is 0.632. The van der Waals surface area contributed by atoms with E-state index in [2.05, 4.69) is 33.9 Å². The molecule has 1 aliphatic rings. The number of nitrogens with zero attached hydrogens (tertiary/aromatic N) is 1. The maximum absolute atomic E-state index is 12.5. The predicted molar refractivity (Wildman–Crippen MR) is 101 cm³/mol. The number of likely N-dealkylation sites (tertiary alicyclic amines) is 1. The molecule has 6 heteroatoms. The van der Waals surface area contributed by atoms with E-state index in [4.69, 9.17) is 13.9 Å². The van der Waals surface area contributed by atoms with Gasteiger partial charge in [0.1, 0.15) is 12.8 Å². The number of methoxy groups -OCH3 is 1. The molecule has 1 saturated heterocycles. The van der Waals surface area contributed by atoms with Crippen molar-refractivity contribution in [2.75, 3.05) is 13.7 Å². The summed E-state index contributed by atoms with van der Waals surface area (Å²) >= 11 is 0. The molecule has 0 aromatic heterocycles. The molecule has 0 spiro atoms. The summed E-state index contributed by atoms with van der Waals surface area (Å²) in [6.45, 7) is 11.9. The Labute approximate surface area is 152 Å². The van der Waals surface area contributed by atoms with Crippen LogP contribution < -0.4 is 0 Å². The summed E-state index contributed by atoms with van der Waals surface area (Å²) in [4.78, 5) is 14.1. The van der Waals surface area contributed by atoms with Crippen LogP contribution in [-0.4, -0.2) is 45.3 Å². The van der Waals surface area contributed by atoms with Crippen molar-refractivity contribution in [3.8, 4) is 0 Å². The van der Waals surface area contributed by atoms with Gasteiger partial charge in [0, 0.05) is 13.5 Å². The zero-order valence-corrected chi connectivity index (χ0v) is 17.2. The first kappa shape index (κ1) is 19.9. The molecule has 2 atom stereocenters. The van der Waals surface area contributed by atoms with Crippen molar-refractivity contribution in [1.29, 1.82) is 0 Å². The van der Waals surface area contributed by atoms with Gasteiger partial charge in [-0.1, -0.05) is 51.1 Å². The zero-order valence-electron chi connectivity index (χ0n) is 16.2. The first-order chi connectivity index (χ1) is 11.6. The summed E-state index contributed by atoms with van der Waals surface area (Å²) in [6, 6.07) is 9.68. The second kappa shape index (κ2) is 7.89. The number of hydrogen-bond acceptors (Lipinski definition) is 4. The van der Waals surface area contributed by atoms with Gasteiger partial charge in [-0.05, 0) is 23.7 Å². The molecule has 0 unspecified atom stereocenters. The number of hydrogen-bond donors (Lipinski definition) is 0. The fourth-order valence-corrected chi connectivity index (χ4v) is 4.02. The van der Waals surface area contributed by atoms with Crippen LogP contribution in [0.1, 0.15) is 32.8 Å². The lowest BCUT2D eigenvalue weighted by molar-refractivity contribution is -0.00779. The normalized spacial score (nSPS) is 21.4. The highest BCUT2D eigenvalue weighted by atomic mass is 28.4. The molecule has 1 aromatic rings. The third-order valence-corrected chi connectivity index (χ3v) is 9.73. The molecule has 1 amide bonds. The zero-order chi connectivity index (χ0) is 18.7. The molecule has 140 valence electrons. The van der Waals surface area contributed by atoms with Gasteiger partial charge in [0.05, 0.1) is 12.6 Å². The minimum atomic E-state index is -1.88. The Morgan fingerprint density at radius 3 is 2.44 bits per heavy atom. The van der Waals surface area contributed by atoms with Crippen molar-refractivity contribution in [3.05, 3.63) is 35.9 Å². The van der Waals surface area contributed by atoms with E-state index in [9.17, 15) is 4.79 Å². The summed E-state index contributed by atoms with van der Waals surface area (Å²) in [6.07, 6.45) is 0.0360. The van der Waals surface area contributed by atoms with Gasteiger partial charge in [-0.15, -0.1) is 0 Å². The summed E-state index contributed by atoms with van der Waals surface area (Å²) < 4.78 is 17.4. The molecule has 2 rings (SSSR count). The van der Waals surface area contributed by atoms with Crippen molar-refractivity contribution >= 4 is 14.4 Å². The average Bonchev–Trinajstić information content (AvgIpc) is 2.95. The third kappa shape index (κ3) is 5.06. The van der Waals surface area contributed by atoms with Crippen LogP contribution in [0.3, 0.4) is 0 Å². The van der Waals surface area contributed by atoms with E-state index >= 15 is 0 Å². The molecule has 1 aromatic carbocycles. The highest BCUT2D eigenvalue weighted by molar-refractivity contribution is 6.74. The lowest BCUT2D eigenvalue weighted by atomic mass is 10.2. The maximum atomic E-state index is 12.5. The third-order valence-electron chi connectivity index (χ3n) is 5.19. The standard InChI is InChI=1S/C19H31NO4Si/c1-19(2,3)25(5,6)24-16-12-17(22-4)20(13-16)18(21)23-14-15-10-8-7-9-11-15/h7-11,16-17H,12-14H2,1-6H3/t16-,17-/m1/s1. The van der Waals surface area contributed by atoms with Crippen LogP contribution in [0.25, 0.3) is 0 Å². The van der Waals surface area contributed by atoms with Crippen molar-refractivity contribution in [1.82, 2.24) is 4.90 Å². The van der Waals surface area contributed by atoms with Crippen molar-refractivity contribution < 1.29 is 18.7 Å². The molecule has 0 bridgehead atoms. The van der Waals surface area contributed by atoms with Crippen LogP contribution in [0.5, 0.6) is 0 Å². The quantitative estimate of drug-likeness (QED) is 0.726. The highest BCUT2D eigenvalue weighted by Gasteiger charge is 2.44. The SMILES string of the molecule is CO[C@@H]1C[C@@H](O[Si](C)(C)C(C)(C)C)CN1C(=O)OCc1ccccc1. The van der Waals surface area contributed by atoms with Gasteiger partial charge in [0.25, 0.3) is 0 Å². The molecular formula is C19H31NO4Si. The molecule has 25 heavy (non-hydrogen) atoms. The minimum Gasteiger partial charge on any atom is -0.444 e. The second-order valence-corrected chi connectivity index (χ2v) is 12.9. The number of carbonyl (C=O) groups excluding carboxylic acids is 1. The van der Waals surface area contributed by atoms with Crippen molar-refractivity contribution in [2.45, 2.75) is 64.3 Å². The van der Waals surface area contributed by atoms with Crippen LogP contribution in [-0.2, 0) is 20.5 Å². The topological polar surface area (TPSA) is 48.0 Å². The molecule has 0 N–H and O–H groups in total. The van der Waals surface area contributed by atoms with E-state index < -0.39 is 8.32 Å². The number of ether oxygens (including phenoxy) is 2. The van der Waals surface area contributed by atoms with Gasteiger partial charge >= 0.3 is 6.09 Å². The first-order valence-corrected chi connectivity index (χ1v) is 11.7. The lowest BCUT2D eigenvalue weighted by Crippen LogP contribution is -2.44. The maximum Gasteiger partial charge on any atom is 0.412 e. The van der Waals surface area contributed by atoms with Gasteiger partial charge in [0.2, 0.25) is 0 Å². The Kier molecular flexibility index (Phi) is 6.29. The Hall–Kier alpha value is -1.37. The Morgan fingerprint density at radius 2 is 1.88 bits per heavy atom. The molecule has 0 saturated carbocycles. The summed E-state index contributed by atoms with van der Waals surface area (Å²) in [7, 11) is -0.260. The number of amides is 1. The van der Waals surface area contributed by atoms with Gasteiger partial charge < -0.3 is 13.9 Å². The Balaban J connectivity index is 1.95. The summed E-state index contributed by atoms with van der Waals surface area (Å²) in [5, 5.41) is 0.136. The number of carbonyl (C=O) groups is 1. The van der Waals surface area contributed by atoms with Crippen LogP contribution in [0, 0.1) is 0 Å². The van der Waals surface area contributed by atoms with E-state index in [1.165, 1.54) is 0 Å². The highest BCUT2D eigenvalue weighted by Crippen LogP contribution is 2.39. The fourth-order valence-electron chi connectivity index (χ4n) is 2.66. The Morgan fingerprint density at radius 1 is 1.24 bits per heavy atom. The molecular weight excluding hydrogens is 334 g/mol. The summed E-state index contributed by atoms with van der Waals surface area (Å²) in [5.41, 5.74) is 0.970. The monoisotopic (exact) mass is 365 g/mol. The average molecular weight is 366 g/mol. The molecule has 0 aliphatic carbocycles. The lowest BCUT2D eigenvalue weighted by Gasteiger charge is -2.38. The summed E-state index contributed by atoms with van der Waals surface area (Å²) in [5.74, 6) is 0. The molecule has 1 fully saturated rings. The number of benzene rings is 1. The van der Waals surface area contributed by atoms with Crippen molar-refractivity contribution in [3.63, 3.8) is 0 Å². The van der Waals surface area contributed by atoms with Crippen LogP contribution in [0.4, 0.5) is 4.79 Å². The van der Waals surface area contributed by atoms with E-state index in [1.807, 2.05) is 30.3 Å². The van der Waals surface area contributed by atoms with E-state index in [0.29, 0.717) is 13.0 Å². The second-order valence-electron chi connectivity index (χ2n) is 8.12. The van der Waals surface area contributed by atoms with Crippen molar-refractivity contribution in [2.24, 2.45) is 0 Å². The molecule has 1 heterocycles. The van der Waals surface area contributed by atoms with Crippen LogP contribution >= 0.6 is 0 Å². The van der Waals surface area contributed by atoms with Gasteiger partial charge in [-0.25, -0.2) is 4.79 Å². The van der Waals surface area contributed by atoms with Gasteiger partial charge in [0.15, 0.2) is 8.32 Å². The van der Waals surface area contributed by atoms with Gasteiger partial charge in [-0.3, -0.25) is 4.90 Å². The molecule has 0 radical (unpaired) electrons. The minimum absolute atomic E-state index is 0.00452. The van der Waals surface area contributed by atoms with Gasteiger partial charge in [-0.2, -0.15) is 0 Å². The smallest absolute Gasteiger partial charge is 0.412 e. The first-order valence-electron chi connectivity index (χ1n) is 8.82. The van der Waals surface area contributed by atoms with Crippen LogP contribution in [0.2, 0.25) is 18.1 Å². The largest absolute Gasteiger partial charge is 0.444 e. The molecule has 1 aliphatic heterocycles. The predicted octanol–water partition coefficient (Wildman–Crippen LogP) is 4.39. The van der Waals surface area contributed by atoms with E-state index in [0.717, 1.165) is 5.56 Å².